The number of aromatic nitrogens is 7. The lowest BCUT2D eigenvalue weighted by molar-refractivity contribution is -0.122. The minimum absolute atomic E-state index is 0. The summed E-state index contributed by atoms with van der Waals surface area (Å²) < 4.78 is 8.01. The van der Waals surface area contributed by atoms with Gasteiger partial charge in [-0.05, 0) is 71.2 Å². The molecule has 288 valence electrons. The van der Waals surface area contributed by atoms with Crippen LogP contribution < -0.4 is 22.1 Å². The molecule has 0 fully saturated rings. The number of unbranched alkanes of at least 4 members (excludes halogenated alkanes) is 3. The summed E-state index contributed by atoms with van der Waals surface area (Å²) in [6.45, 7) is 11.0. The van der Waals surface area contributed by atoms with E-state index in [4.69, 9.17) is 28.2 Å². The van der Waals surface area contributed by atoms with Crippen molar-refractivity contribution in [3.63, 3.8) is 0 Å². The molecule has 0 radical (unpaired) electrons. The van der Waals surface area contributed by atoms with Gasteiger partial charge in [0.1, 0.15) is 18.7 Å². The number of halogens is 1. The van der Waals surface area contributed by atoms with Crippen LogP contribution in [0.1, 0.15) is 96.6 Å². The van der Waals surface area contributed by atoms with Crippen molar-refractivity contribution in [1.29, 1.82) is 0 Å². The van der Waals surface area contributed by atoms with E-state index in [-0.39, 0.29) is 43.3 Å². The second-order valence-corrected chi connectivity index (χ2v) is 12.3. The molecule has 3 rings (SSSR count). The quantitative estimate of drug-likeness (QED) is 0.0424. The Bertz CT molecular complexity index is 1560. The first kappa shape index (κ1) is 46.7. The molecule has 0 spiro atoms. The predicted molar refractivity (Wildman–Crippen MR) is 202 cm³/mol. The molecule has 0 aromatic carbocycles. The van der Waals surface area contributed by atoms with Crippen LogP contribution in [0.2, 0.25) is 0 Å². The number of carbonyl (C=O) groups is 3. The molecule has 3 aromatic heterocycles. The largest absolute Gasteiger partial charge is 0.443 e. The second kappa shape index (κ2) is 26.5. The fourth-order valence-corrected chi connectivity index (χ4v) is 4.05. The summed E-state index contributed by atoms with van der Waals surface area (Å²) in [4.78, 5) is 47.7. The highest BCUT2D eigenvalue weighted by Gasteiger charge is 2.20. The number of amides is 2. The first-order valence-electron chi connectivity index (χ1n) is 17.0. The van der Waals surface area contributed by atoms with Crippen LogP contribution in [0.3, 0.4) is 0 Å². The van der Waals surface area contributed by atoms with E-state index in [0.717, 1.165) is 68.4 Å². The van der Waals surface area contributed by atoms with Crippen molar-refractivity contribution in [2.45, 2.75) is 111 Å². The number of azide groups is 1. The Morgan fingerprint density at radius 3 is 2.25 bits per heavy atom. The molecule has 0 aliphatic carbocycles. The van der Waals surface area contributed by atoms with Gasteiger partial charge in [0.2, 0.25) is 17.8 Å². The number of nitrogens with one attached hydrogen (secondary N) is 3. The highest BCUT2D eigenvalue weighted by atomic mass is 35.5. The van der Waals surface area contributed by atoms with Crippen molar-refractivity contribution >= 4 is 42.2 Å². The lowest BCUT2D eigenvalue weighted by atomic mass is 10.2. The number of nitrogen functional groups attached to an aromatic ring is 2. The van der Waals surface area contributed by atoms with Gasteiger partial charge in [0.25, 0.3) is 0 Å². The summed E-state index contributed by atoms with van der Waals surface area (Å²) in [5, 5.41) is 16.7. The highest BCUT2D eigenvalue weighted by molar-refractivity contribution is 5.85. The van der Waals surface area contributed by atoms with Crippen molar-refractivity contribution in [2.24, 2.45) is 5.11 Å². The molecule has 52 heavy (non-hydrogen) atoms. The number of imidazole rings is 2. The number of anilines is 2. The Hall–Kier alpha value is -5.27. The number of nitrogens with two attached hydrogens (primary N) is 2. The molecule has 0 bridgehead atoms. The van der Waals surface area contributed by atoms with Crippen LogP contribution in [0.5, 0.6) is 0 Å². The molecule has 0 saturated heterocycles. The van der Waals surface area contributed by atoms with Crippen LogP contribution in [0.15, 0.2) is 23.7 Å². The van der Waals surface area contributed by atoms with Gasteiger partial charge in [-0.15, -0.1) is 29.8 Å². The lowest BCUT2D eigenvalue weighted by Crippen LogP contribution is -2.28. The monoisotopic (exact) mass is 746 g/mol. The Labute approximate surface area is 311 Å². The van der Waals surface area contributed by atoms with E-state index >= 15 is 0 Å². The zero-order valence-electron chi connectivity index (χ0n) is 30.9. The van der Waals surface area contributed by atoms with Gasteiger partial charge in [-0.1, -0.05) is 37.0 Å². The Morgan fingerprint density at radius 1 is 1.02 bits per heavy atom. The van der Waals surface area contributed by atoms with E-state index in [1.807, 2.05) is 13.1 Å². The maximum Gasteiger partial charge on any atom is 0.421 e. The zero-order chi connectivity index (χ0) is 38.1. The number of nitrogens with zero attached hydrogens (tertiary/aromatic N) is 9. The van der Waals surface area contributed by atoms with Crippen LogP contribution in [-0.2, 0) is 40.1 Å². The molecule has 19 heteroatoms. The Morgan fingerprint density at radius 2 is 1.67 bits per heavy atom. The van der Waals surface area contributed by atoms with Crippen molar-refractivity contribution in [1.82, 2.24) is 45.1 Å². The summed E-state index contributed by atoms with van der Waals surface area (Å²) >= 11 is 0. The predicted octanol–water partition coefficient (Wildman–Crippen LogP) is 4.51. The number of terminal acetylenes is 1. The van der Waals surface area contributed by atoms with Gasteiger partial charge < -0.3 is 31.8 Å². The van der Waals surface area contributed by atoms with Crippen molar-refractivity contribution in [3.8, 4) is 12.3 Å². The number of H-pyrrole nitrogens is 1. The molecule has 3 heterocycles. The van der Waals surface area contributed by atoms with Gasteiger partial charge >= 0.3 is 6.09 Å². The summed E-state index contributed by atoms with van der Waals surface area (Å²) in [5.41, 5.74) is 21.1. The van der Waals surface area contributed by atoms with E-state index in [0.29, 0.717) is 31.9 Å². The average molecular weight is 747 g/mol. The SMILES string of the molecule is C#CCCCc1cn(C(=O)OC(C)(C)C)c(N)n1.CCCCNC(=O)CN=[N+]=[N-].CCCCNC(=O)Cn1cc(CCCc2cnc(N)[nH]2)nn1.Cl. The van der Waals surface area contributed by atoms with Crippen molar-refractivity contribution in [2.75, 3.05) is 31.1 Å². The maximum absolute atomic E-state index is 11.8. The number of carbonyl (C=O) groups excluding carboxylic acids is 3. The zero-order valence-corrected chi connectivity index (χ0v) is 31.7. The molecule has 0 atom stereocenters. The topological polar surface area (TPSA) is 263 Å². The molecule has 0 saturated carbocycles. The molecule has 3 aromatic rings. The van der Waals surface area contributed by atoms with Gasteiger partial charge in [0, 0.05) is 42.5 Å². The number of rotatable bonds is 17. The third-order valence-electron chi connectivity index (χ3n) is 6.53. The first-order valence-corrected chi connectivity index (χ1v) is 17.0. The van der Waals surface area contributed by atoms with Crippen molar-refractivity contribution in [3.05, 3.63) is 46.1 Å². The maximum atomic E-state index is 11.8. The molecule has 7 N–H and O–H groups in total. The Kier molecular flexibility index (Phi) is 23.8. The van der Waals surface area contributed by atoms with Crippen LogP contribution in [0, 0.1) is 12.3 Å². The summed E-state index contributed by atoms with van der Waals surface area (Å²) in [7, 11) is 0. The fraction of sp³-hybridized carbons (Fsp3) is 0.606. The normalized spacial score (nSPS) is 10.2. The van der Waals surface area contributed by atoms with E-state index in [9.17, 15) is 14.4 Å². The lowest BCUT2D eigenvalue weighted by Gasteiger charge is -2.19. The van der Waals surface area contributed by atoms with E-state index in [1.165, 1.54) is 4.57 Å². The fourth-order valence-electron chi connectivity index (χ4n) is 4.05. The van der Waals surface area contributed by atoms with Gasteiger partial charge in [-0.2, -0.15) is 0 Å². The first-order chi connectivity index (χ1) is 24.3. The average Bonchev–Trinajstić information content (AvgIpc) is 3.80. The third-order valence-corrected chi connectivity index (χ3v) is 6.53. The number of hydrogen-bond acceptors (Lipinski definition) is 11. The number of ether oxygens (including phenoxy) is 1. The Balaban J connectivity index is 0.000000785. The third kappa shape index (κ3) is 21.7. The number of aryl methyl sites for hydroxylation is 3. The van der Waals surface area contributed by atoms with Crippen LogP contribution in [0.4, 0.5) is 16.7 Å². The van der Waals surface area contributed by atoms with Crippen LogP contribution in [0.25, 0.3) is 10.4 Å². The standard InChI is InChI=1S/C14H23N7O.C13H19N3O2.C6H12N4O.ClH/c1-2-3-7-16-13(22)10-21-9-12(19-20-21)6-4-5-11-8-17-14(15)18-11;1-5-6-7-8-10-9-16(11(14)15-10)12(17)18-13(2,3)4;1-2-3-4-8-6(11)5-9-10-7;/h8-9H,2-7,10H2,1H3,(H,16,22)(H3,15,17,18);1,9H,6-8H2,2-4H3,(H2,14,15);2-5H2,1H3,(H,8,11);1H. The van der Waals surface area contributed by atoms with E-state index in [2.05, 4.69) is 58.8 Å². The molecule has 18 nitrogen and oxygen atoms in total. The minimum Gasteiger partial charge on any atom is -0.443 e. The van der Waals surface area contributed by atoms with E-state index in [1.54, 1.807) is 37.8 Å². The molecule has 0 aliphatic heterocycles. The van der Waals surface area contributed by atoms with Crippen LogP contribution in [-0.4, -0.2) is 77.7 Å². The molecule has 0 unspecified atom stereocenters. The second-order valence-electron chi connectivity index (χ2n) is 12.3. The van der Waals surface area contributed by atoms with E-state index < -0.39 is 11.7 Å². The smallest absolute Gasteiger partial charge is 0.421 e. The molecule has 0 aliphatic rings. The summed E-state index contributed by atoms with van der Waals surface area (Å²) in [6, 6.07) is 0. The summed E-state index contributed by atoms with van der Waals surface area (Å²) in [6.07, 6.45) is 18.7. The molecular formula is C33H55ClN14O4. The van der Waals surface area contributed by atoms with Gasteiger partial charge in [0.15, 0.2) is 5.95 Å². The van der Waals surface area contributed by atoms with Gasteiger partial charge in [-0.3, -0.25) is 9.59 Å². The highest BCUT2D eigenvalue weighted by Crippen LogP contribution is 2.13. The number of aromatic amines is 1. The van der Waals surface area contributed by atoms with Crippen molar-refractivity contribution < 1.29 is 19.1 Å². The van der Waals surface area contributed by atoms with Gasteiger partial charge in [-0.25, -0.2) is 24.0 Å². The minimum atomic E-state index is -0.558. The summed E-state index contributed by atoms with van der Waals surface area (Å²) in [5.74, 6) is 2.89. The molecular weight excluding hydrogens is 692 g/mol. The number of hydrogen-bond donors (Lipinski definition) is 5. The van der Waals surface area contributed by atoms with Crippen LogP contribution >= 0.6 is 12.4 Å². The molecule has 2 amide bonds. The van der Waals surface area contributed by atoms with Gasteiger partial charge in [0.05, 0.1) is 17.6 Å².